The summed E-state index contributed by atoms with van der Waals surface area (Å²) in [6.45, 7) is 2.13. The van der Waals surface area contributed by atoms with Gasteiger partial charge in [0, 0.05) is 29.5 Å². The van der Waals surface area contributed by atoms with E-state index in [1.807, 2.05) is 6.08 Å². The second kappa shape index (κ2) is 7.21. The van der Waals surface area contributed by atoms with Crippen LogP contribution in [0.1, 0.15) is 63.4 Å². The molecule has 5 fully saturated rings. The third-order valence-corrected chi connectivity index (χ3v) is 8.36. The van der Waals surface area contributed by atoms with Gasteiger partial charge in [-0.1, -0.05) is 18.2 Å². The molecule has 1 aromatic carbocycles. The smallest absolute Gasteiger partial charge is 0.161 e. The molecule has 1 aromatic heterocycles. The van der Waals surface area contributed by atoms with E-state index < -0.39 is 0 Å². The van der Waals surface area contributed by atoms with Crippen molar-refractivity contribution in [2.24, 2.45) is 23.2 Å². The fourth-order valence-electron chi connectivity index (χ4n) is 7.36. The number of rotatable bonds is 4. The molecule has 0 unspecified atom stereocenters. The van der Waals surface area contributed by atoms with Crippen LogP contribution in [0.15, 0.2) is 36.4 Å². The Kier molecular flexibility index (Phi) is 4.47. The number of para-hydroxylation sites is 1. The van der Waals surface area contributed by atoms with E-state index in [2.05, 4.69) is 41.3 Å². The molecule has 3 nitrogen and oxygen atoms in total. The Hall–Kier alpha value is -2.16. The largest absolute Gasteiger partial charge is 0.356 e. The molecule has 0 amide bonds. The van der Waals surface area contributed by atoms with Gasteiger partial charge in [-0.3, -0.25) is 4.79 Å². The van der Waals surface area contributed by atoms with Crippen molar-refractivity contribution < 1.29 is 4.79 Å². The van der Waals surface area contributed by atoms with Gasteiger partial charge in [0.25, 0.3) is 0 Å². The highest BCUT2D eigenvalue weighted by molar-refractivity contribution is 5.99. The predicted octanol–water partition coefficient (Wildman–Crippen LogP) is 6.02. The van der Waals surface area contributed by atoms with Crippen molar-refractivity contribution in [2.45, 2.75) is 57.8 Å². The Labute approximate surface area is 179 Å². The van der Waals surface area contributed by atoms with Crippen molar-refractivity contribution in [3.63, 3.8) is 0 Å². The van der Waals surface area contributed by atoms with Crippen molar-refractivity contribution >= 4 is 28.6 Å². The average Bonchev–Trinajstić information content (AvgIpc) is 2.76. The summed E-state index contributed by atoms with van der Waals surface area (Å²) in [5, 5.41) is 1.15. The zero-order valence-corrected chi connectivity index (χ0v) is 17.9. The highest BCUT2D eigenvalue weighted by Crippen LogP contribution is 2.60. The maximum absolute atomic E-state index is 13.5. The van der Waals surface area contributed by atoms with Crippen LogP contribution in [0.4, 0.5) is 5.82 Å². The summed E-state index contributed by atoms with van der Waals surface area (Å²) >= 11 is 0. The van der Waals surface area contributed by atoms with Crippen LogP contribution in [-0.2, 0) is 4.79 Å². The average molecular weight is 401 g/mol. The molecule has 5 aliphatic rings. The third kappa shape index (κ3) is 3.18. The number of carbonyl (C=O) groups is 1. The first-order chi connectivity index (χ1) is 14.7. The van der Waals surface area contributed by atoms with Gasteiger partial charge in [0.1, 0.15) is 5.82 Å². The standard InChI is InChI=1S/C27H32N2O/c30-25(27-16-19-12-20(17-27)14-21(13-19)18-27)9-8-23-15-22-6-2-3-7-24(22)28-26(23)29-10-4-1-5-11-29/h2-3,6-9,15,19-21H,1,4-5,10-14,16-18H2/b9-8+. The molecule has 4 bridgehead atoms. The van der Waals surface area contributed by atoms with Crippen LogP contribution in [0.25, 0.3) is 17.0 Å². The maximum atomic E-state index is 13.5. The van der Waals surface area contributed by atoms with Crippen molar-refractivity contribution in [2.75, 3.05) is 18.0 Å². The highest BCUT2D eigenvalue weighted by atomic mass is 16.1. The quantitative estimate of drug-likeness (QED) is 0.588. The van der Waals surface area contributed by atoms with E-state index in [1.54, 1.807) is 0 Å². The van der Waals surface area contributed by atoms with Crippen LogP contribution in [0.3, 0.4) is 0 Å². The molecule has 0 N–H and O–H groups in total. The summed E-state index contributed by atoms with van der Waals surface area (Å²) in [4.78, 5) is 21.0. The van der Waals surface area contributed by atoms with E-state index in [9.17, 15) is 4.79 Å². The normalized spacial score (nSPS) is 32.9. The van der Waals surface area contributed by atoms with Crippen molar-refractivity contribution in [1.82, 2.24) is 4.98 Å². The Bertz CT molecular complexity index is 966. The van der Waals surface area contributed by atoms with Crippen LogP contribution in [0.2, 0.25) is 0 Å². The fourth-order valence-corrected chi connectivity index (χ4v) is 7.36. The fraction of sp³-hybridized carbons (Fsp3) is 0.556. The minimum atomic E-state index is -0.0547. The zero-order valence-electron chi connectivity index (χ0n) is 17.9. The molecule has 0 spiro atoms. The molecule has 0 radical (unpaired) electrons. The summed E-state index contributed by atoms with van der Waals surface area (Å²) < 4.78 is 0. The number of carbonyl (C=O) groups excluding carboxylic acids is 1. The molecule has 1 aliphatic heterocycles. The molecule has 3 heteroatoms. The number of ketones is 1. The van der Waals surface area contributed by atoms with Gasteiger partial charge >= 0.3 is 0 Å². The lowest BCUT2D eigenvalue weighted by Gasteiger charge is -2.55. The molecule has 4 saturated carbocycles. The van der Waals surface area contributed by atoms with Crippen molar-refractivity contribution in [3.05, 3.63) is 42.0 Å². The molecule has 2 heterocycles. The maximum Gasteiger partial charge on any atom is 0.161 e. The van der Waals surface area contributed by atoms with Crippen LogP contribution in [0, 0.1) is 23.2 Å². The SMILES string of the molecule is O=C(/C=C/c1cc2ccccc2nc1N1CCCCC1)C12CC3CC(CC(C3)C1)C2. The van der Waals surface area contributed by atoms with E-state index >= 15 is 0 Å². The Morgan fingerprint density at radius 2 is 1.63 bits per heavy atom. The van der Waals surface area contributed by atoms with E-state index in [0.717, 1.165) is 72.4 Å². The van der Waals surface area contributed by atoms with Gasteiger partial charge in [0.15, 0.2) is 5.78 Å². The summed E-state index contributed by atoms with van der Waals surface area (Å²) in [6.07, 6.45) is 15.3. The Morgan fingerprint density at radius 1 is 0.967 bits per heavy atom. The lowest BCUT2D eigenvalue weighted by Crippen LogP contribution is -2.49. The summed E-state index contributed by atoms with van der Waals surface area (Å²) in [5.41, 5.74) is 2.09. The van der Waals surface area contributed by atoms with Gasteiger partial charge in [-0.05, 0) is 99.8 Å². The summed E-state index contributed by atoms with van der Waals surface area (Å²) in [7, 11) is 0. The number of allylic oxidation sites excluding steroid dienone is 1. The number of fused-ring (bicyclic) bond motifs is 1. The minimum Gasteiger partial charge on any atom is -0.356 e. The van der Waals surface area contributed by atoms with E-state index in [0.29, 0.717) is 5.78 Å². The molecule has 1 saturated heterocycles. The van der Waals surface area contributed by atoms with Crippen LogP contribution in [-0.4, -0.2) is 23.9 Å². The zero-order chi connectivity index (χ0) is 20.1. The number of anilines is 1. The van der Waals surface area contributed by atoms with Crippen LogP contribution >= 0.6 is 0 Å². The first kappa shape index (κ1) is 18.6. The van der Waals surface area contributed by atoms with Gasteiger partial charge in [-0.15, -0.1) is 0 Å². The van der Waals surface area contributed by atoms with Crippen molar-refractivity contribution in [1.29, 1.82) is 0 Å². The van der Waals surface area contributed by atoms with Gasteiger partial charge in [0.05, 0.1) is 5.52 Å². The second-order valence-electron chi connectivity index (χ2n) is 10.5. The topological polar surface area (TPSA) is 33.2 Å². The molecule has 4 aliphatic carbocycles. The number of benzene rings is 1. The van der Waals surface area contributed by atoms with E-state index in [1.165, 1.54) is 38.5 Å². The third-order valence-electron chi connectivity index (χ3n) is 8.36. The Balaban J connectivity index is 1.33. The minimum absolute atomic E-state index is 0.0547. The molecule has 30 heavy (non-hydrogen) atoms. The number of pyridine rings is 1. The number of hydrogen-bond donors (Lipinski definition) is 0. The number of hydrogen-bond acceptors (Lipinski definition) is 3. The Morgan fingerprint density at radius 3 is 2.33 bits per heavy atom. The lowest BCUT2D eigenvalue weighted by molar-refractivity contribution is -0.138. The first-order valence-corrected chi connectivity index (χ1v) is 12.1. The van der Waals surface area contributed by atoms with Gasteiger partial charge in [0.2, 0.25) is 0 Å². The number of piperidine rings is 1. The molecule has 2 aromatic rings. The number of aromatic nitrogens is 1. The van der Waals surface area contributed by atoms with Gasteiger partial charge < -0.3 is 4.90 Å². The van der Waals surface area contributed by atoms with Crippen molar-refractivity contribution in [3.8, 4) is 0 Å². The summed E-state index contributed by atoms with van der Waals surface area (Å²) in [6, 6.07) is 10.6. The molecule has 7 rings (SSSR count). The first-order valence-electron chi connectivity index (χ1n) is 12.1. The summed E-state index contributed by atoms with van der Waals surface area (Å²) in [5.74, 6) is 3.86. The van der Waals surface area contributed by atoms with E-state index in [-0.39, 0.29) is 5.41 Å². The van der Waals surface area contributed by atoms with Crippen LogP contribution < -0.4 is 4.90 Å². The molecule has 156 valence electrons. The monoisotopic (exact) mass is 400 g/mol. The van der Waals surface area contributed by atoms with Crippen LogP contribution in [0.5, 0.6) is 0 Å². The van der Waals surface area contributed by atoms with E-state index in [4.69, 9.17) is 4.98 Å². The highest BCUT2D eigenvalue weighted by Gasteiger charge is 2.53. The molecule has 0 atom stereocenters. The van der Waals surface area contributed by atoms with Gasteiger partial charge in [-0.25, -0.2) is 4.98 Å². The molecular weight excluding hydrogens is 368 g/mol. The predicted molar refractivity (Wildman–Crippen MR) is 122 cm³/mol. The van der Waals surface area contributed by atoms with Gasteiger partial charge in [-0.2, -0.15) is 0 Å². The lowest BCUT2D eigenvalue weighted by atomic mass is 9.48. The molecular formula is C27H32N2O. The second-order valence-corrected chi connectivity index (χ2v) is 10.5. The number of nitrogens with zero attached hydrogens (tertiary/aromatic N) is 2.